The molecular weight excluding hydrogens is 266 g/mol. The molecule has 7 nitrogen and oxygen atoms in total. The number of ether oxygens (including phenoxy) is 1. The largest absolute Gasteiger partial charge is 0.463 e. The molecule has 2 rings (SSSR count). The molecule has 0 aromatic carbocycles. The SMILES string of the molecule is COC(=O)c1nc(C)cc(-n2ccnc2C(N)=S)n1. The number of aromatic nitrogens is 4. The number of nitrogens with two attached hydrogens (primary N) is 1. The van der Waals surface area contributed by atoms with Crippen molar-refractivity contribution in [2.75, 3.05) is 7.11 Å². The van der Waals surface area contributed by atoms with Crippen molar-refractivity contribution < 1.29 is 9.53 Å². The third-order valence-electron chi connectivity index (χ3n) is 2.32. The van der Waals surface area contributed by atoms with Crippen LogP contribution in [0.1, 0.15) is 22.1 Å². The minimum Gasteiger partial charge on any atom is -0.463 e. The molecule has 0 radical (unpaired) electrons. The molecule has 0 fully saturated rings. The minimum absolute atomic E-state index is 0.0277. The van der Waals surface area contributed by atoms with Crippen molar-refractivity contribution in [3.8, 4) is 5.82 Å². The van der Waals surface area contributed by atoms with Gasteiger partial charge in [0.05, 0.1) is 7.11 Å². The van der Waals surface area contributed by atoms with Gasteiger partial charge in [-0.1, -0.05) is 12.2 Å². The van der Waals surface area contributed by atoms with E-state index in [1.807, 2.05) is 0 Å². The smallest absolute Gasteiger partial charge is 0.376 e. The van der Waals surface area contributed by atoms with Gasteiger partial charge in [0, 0.05) is 24.2 Å². The molecule has 8 heteroatoms. The van der Waals surface area contributed by atoms with Crippen LogP contribution in [0.2, 0.25) is 0 Å². The van der Waals surface area contributed by atoms with Gasteiger partial charge in [0.1, 0.15) is 10.8 Å². The number of thiocarbonyl (C=S) groups is 1. The van der Waals surface area contributed by atoms with E-state index in [-0.39, 0.29) is 10.8 Å². The van der Waals surface area contributed by atoms with Crippen LogP contribution < -0.4 is 5.73 Å². The number of imidazole rings is 1. The zero-order chi connectivity index (χ0) is 14.0. The molecule has 2 aromatic rings. The first-order valence-corrected chi connectivity index (χ1v) is 5.71. The van der Waals surface area contributed by atoms with Gasteiger partial charge in [-0.3, -0.25) is 4.57 Å². The first-order valence-electron chi connectivity index (χ1n) is 5.30. The Balaban J connectivity index is 2.56. The van der Waals surface area contributed by atoms with Crippen LogP contribution in [-0.2, 0) is 4.74 Å². The third-order valence-corrected chi connectivity index (χ3v) is 2.50. The highest BCUT2D eigenvalue weighted by Gasteiger charge is 2.14. The first-order chi connectivity index (χ1) is 9.02. The molecule has 0 atom stereocenters. The average Bonchev–Trinajstić information content (AvgIpc) is 2.86. The second-order valence-electron chi connectivity index (χ2n) is 3.67. The van der Waals surface area contributed by atoms with Gasteiger partial charge in [0.2, 0.25) is 5.82 Å². The van der Waals surface area contributed by atoms with E-state index in [0.29, 0.717) is 17.3 Å². The molecule has 19 heavy (non-hydrogen) atoms. The quantitative estimate of drug-likeness (QED) is 0.640. The van der Waals surface area contributed by atoms with E-state index in [1.165, 1.54) is 7.11 Å². The van der Waals surface area contributed by atoms with Gasteiger partial charge in [0.25, 0.3) is 0 Å². The van der Waals surface area contributed by atoms with Crippen LogP contribution in [0.5, 0.6) is 0 Å². The number of aryl methyl sites for hydroxylation is 1. The van der Waals surface area contributed by atoms with Crippen LogP contribution in [0.25, 0.3) is 5.82 Å². The minimum atomic E-state index is -0.609. The zero-order valence-corrected chi connectivity index (χ0v) is 11.1. The van der Waals surface area contributed by atoms with Gasteiger partial charge < -0.3 is 10.5 Å². The maximum absolute atomic E-state index is 11.5. The van der Waals surface area contributed by atoms with Gasteiger partial charge in [-0.25, -0.2) is 19.7 Å². The Kier molecular flexibility index (Phi) is 3.52. The summed E-state index contributed by atoms with van der Waals surface area (Å²) < 4.78 is 6.19. The highest BCUT2D eigenvalue weighted by molar-refractivity contribution is 7.80. The van der Waals surface area contributed by atoms with Gasteiger partial charge in [-0.2, -0.15) is 0 Å². The Labute approximate surface area is 114 Å². The third kappa shape index (κ3) is 2.58. The summed E-state index contributed by atoms with van der Waals surface area (Å²) in [5.74, 6) is 0.208. The lowest BCUT2D eigenvalue weighted by molar-refractivity contribution is 0.0586. The van der Waals surface area contributed by atoms with E-state index >= 15 is 0 Å². The number of esters is 1. The van der Waals surface area contributed by atoms with Crippen molar-refractivity contribution in [3.05, 3.63) is 35.8 Å². The summed E-state index contributed by atoms with van der Waals surface area (Å²) in [6.07, 6.45) is 3.20. The molecule has 0 aliphatic carbocycles. The molecule has 2 aromatic heterocycles. The van der Waals surface area contributed by atoms with Crippen LogP contribution in [0.3, 0.4) is 0 Å². The molecule has 0 bridgehead atoms. The summed E-state index contributed by atoms with van der Waals surface area (Å²) >= 11 is 4.90. The van der Waals surface area contributed by atoms with Crippen LogP contribution in [0.15, 0.2) is 18.5 Å². The fourth-order valence-corrected chi connectivity index (χ4v) is 1.68. The summed E-state index contributed by atoms with van der Waals surface area (Å²) in [5.41, 5.74) is 6.19. The van der Waals surface area contributed by atoms with Crippen LogP contribution in [0, 0.1) is 6.92 Å². The highest BCUT2D eigenvalue weighted by Crippen LogP contribution is 2.10. The molecule has 0 aliphatic rings. The molecule has 98 valence electrons. The lowest BCUT2D eigenvalue weighted by Gasteiger charge is -2.08. The van der Waals surface area contributed by atoms with Crippen molar-refractivity contribution in [1.82, 2.24) is 19.5 Å². The summed E-state index contributed by atoms with van der Waals surface area (Å²) in [4.78, 5) is 23.8. The second kappa shape index (κ2) is 5.11. The van der Waals surface area contributed by atoms with Gasteiger partial charge in [-0.15, -0.1) is 0 Å². The number of rotatable bonds is 3. The lowest BCUT2D eigenvalue weighted by atomic mass is 10.4. The number of methoxy groups -OCH3 is 1. The van der Waals surface area contributed by atoms with Gasteiger partial charge in [-0.05, 0) is 6.92 Å². The molecule has 2 heterocycles. The Morgan fingerprint density at radius 2 is 2.21 bits per heavy atom. The molecule has 0 saturated heterocycles. The molecule has 0 spiro atoms. The van der Waals surface area contributed by atoms with Gasteiger partial charge in [0.15, 0.2) is 5.82 Å². The highest BCUT2D eigenvalue weighted by atomic mass is 32.1. The monoisotopic (exact) mass is 277 g/mol. The number of nitrogens with zero attached hydrogens (tertiary/aromatic N) is 4. The molecule has 0 aliphatic heterocycles. The van der Waals surface area contributed by atoms with E-state index < -0.39 is 5.97 Å². The van der Waals surface area contributed by atoms with Crippen molar-refractivity contribution in [2.24, 2.45) is 5.73 Å². The first kappa shape index (κ1) is 13.1. The predicted molar refractivity (Wildman–Crippen MR) is 71.1 cm³/mol. The predicted octanol–water partition coefficient (Wildman–Crippen LogP) is 0.392. The van der Waals surface area contributed by atoms with Crippen molar-refractivity contribution >= 4 is 23.2 Å². The summed E-state index contributed by atoms with van der Waals surface area (Å²) in [6, 6.07) is 1.69. The summed E-state index contributed by atoms with van der Waals surface area (Å²) in [5, 5.41) is 0. The van der Waals surface area contributed by atoms with Crippen molar-refractivity contribution in [1.29, 1.82) is 0 Å². The fraction of sp³-hybridized carbons (Fsp3) is 0.182. The molecule has 2 N–H and O–H groups in total. The Hall–Kier alpha value is -2.35. The van der Waals surface area contributed by atoms with E-state index in [4.69, 9.17) is 18.0 Å². The van der Waals surface area contributed by atoms with E-state index in [0.717, 1.165) is 0 Å². The van der Waals surface area contributed by atoms with Crippen LogP contribution >= 0.6 is 12.2 Å². The zero-order valence-electron chi connectivity index (χ0n) is 10.3. The van der Waals surface area contributed by atoms with E-state index in [1.54, 1.807) is 30.0 Å². The standard InChI is InChI=1S/C11H11N5O2S/c1-6-5-7(15-9(14-6)11(17)18-2)16-4-3-13-10(16)8(12)19/h3-5H,1-2H3,(H2,12,19). The summed E-state index contributed by atoms with van der Waals surface area (Å²) in [6.45, 7) is 1.75. The topological polar surface area (TPSA) is 95.9 Å². The lowest BCUT2D eigenvalue weighted by Crippen LogP contribution is -2.18. The normalized spacial score (nSPS) is 10.2. The van der Waals surface area contributed by atoms with Gasteiger partial charge >= 0.3 is 5.97 Å². The average molecular weight is 277 g/mol. The Morgan fingerprint density at radius 1 is 1.47 bits per heavy atom. The number of hydrogen-bond acceptors (Lipinski definition) is 6. The van der Waals surface area contributed by atoms with E-state index in [2.05, 4.69) is 19.7 Å². The number of hydrogen-bond donors (Lipinski definition) is 1. The molecule has 0 saturated carbocycles. The van der Waals surface area contributed by atoms with Crippen molar-refractivity contribution in [3.63, 3.8) is 0 Å². The maximum Gasteiger partial charge on any atom is 0.376 e. The van der Waals surface area contributed by atoms with E-state index in [9.17, 15) is 4.79 Å². The van der Waals surface area contributed by atoms with Crippen LogP contribution in [-0.4, -0.2) is 37.6 Å². The molecule has 0 unspecified atom stereocenters. The second-order valence-corrected chi connectivity index (χ2v) is 4.11. The Bertz CT molecular complexity index is 652. The van der Waals surface area contributed by atoms with Crippen LogP contribution in [0.4, 0.5) is 0 Å². The Morgan fingerprint density at radius 3 is 2.84 bits per heavy atom. The molecule has 0 amide bonds. The maximum atomic E-state index is 11.5. The summed E-state index contributed by atoms with van der Waals surface area (Å²) in [7, 11) is 1.27. The fourth-order valence-electron chi connectivity index (χ4n) is 1.53. The van der Waals surface area contributed by atoms with Crippen molar-refractivity contribution in [2.45, 2.75) is 6.92 Å². The molecular formula is C11H11N5O2S. The number of carbonyl (C=O) groups is 1. The number of carbonyl (C=O) groups excluding carboxylic acids is 1.